The van der Waals surface area contributed by atoms with Crippen LogP contribution in [0.15, 0.2) is 18.3 Å². The van der Waals surface area contributed by atoms with Crippen LogP contribution in [0.1, 0.15) is 32.6 Å². The molecule has 0 aromatic carbocycles. The number of rotatable bonds is 6. The van der Waals surface area contributed by atoms with Crippen LogP contribution in [0.25, 0.3) is 0 Å². The van der Waals surface area contributed by atoms with Gasteiger partial charge in [-0.2, -0.15) is 0 Å². The van der Waals surface area contributed by atoms with Crippen molar-refractivity contribution in [3.63, 3.8) is 0 Å². The number of nitrogens with zero attached hydrogens (tertiary/aromatic N) is 2. The maximum atomic E-state index is 8.96. The van der Waals surface area contributed by atoms with Gasteiger partial charge in [0.2, 0.25) is 0 Å². The highest BCUT2D eigenvalue weighted by molar-refractivity contribution is 5.55. The fourth-order valence-electron chi connectivity index (χ4n) is 2.68. The molecule has 0 amide bonds. The number of aliphatic hydroxyl groups is 1. The van der Waals surface area contributed by atoms with Gasteiger partial charge in [-0.3, -0.25) is 0 Å². The van der Waals surface area contributed by atoms with Crippen molar-refractivity contribution in [2.24, 2.45) is 0 Å². The summed E-state index contributed by atoms with van der Waals surface area (Å²) >= 11 is 0. The summed E-state index contributed by atoms with van der Waals surface area (Å²) in [5.41, 5.74) is 1.25. The molecule has 0 radical (unpaired) electrons. The van der Waals surface area contributed by atoms with Gasteiger partial charge < -0.3 is 15.3 Å². The van der Waals surface area contributed by atoms with Crippen molar-refractivity contribution in [1.82, 2.24) is 4.98 Å². The number of aromatic nitrogens is 1. The predicted molar refractivity (Wildman–Crippen MR) is 75.1 cm³/mol. The van der Waals surface area contributed by atoms with Gasteiger partial charge in [-0.15, -0.1) is 0 Å². The molecule has 1 aliphatic heterocycles. The Balaban J connectivity index is 2.06. The zero-order valence-corrected chi connectivity index (χ0v) is 11.1. The fraction of sp³-hybridized carbons (Fsp3) is 0.643. The number of pyridine rings is 1. The molecule has 1 aromatic rings. The van der Waals surface area contributed by atoms with Crippen LogP contribution in [-0.4, -0.2) is 35.8 Å². The number of hydrogen-bond acceptors (Lipinski definition) is 4. The molecule has 1 unspecified atom stereocenters. The van der Waals surface area contributed by atoms with Gasteiger partial charge in [0, 0.05) is 43.7 Å². The first kappa shape index (κ1) is 13.1. The smallest absolute Gasteiger partial charge is 0.127 e. The highest BCUT2D eigenvalue weighted by atomic mass is 16.2. The molecular weight excluding hydrogens is 226 g/mol. The van der Waals surface area contributed by atoms with Crippen LogP contribution < -0.4 is 10.2 Å². The van der Waals surface area contributed by atoms with E-state index in [1.165, 1.54) is 18.5 Å². The first-order valence-electron chi connectivity index (χ1n) is 6.92. The van der Waals surface area contributed by atoms with Crippen LogP contribution in [0.3, 0.4) is 0 Å². The Hall–Kier alpha value is -1.29. The fourth-order valence-corrected chi connectivity index (χ4v) is 2.68. The van der Waals surface area contributed by atoms with Crippen LogP contribution in [0.2, 0.25) is 0 Å². The van der Waals surface area contributed by atoms with Crippen molar-refractivity contribution in [1.29, 1.82) is 0 Å². The first-order valence-corrected chi connectivity index (χ1v) is 6.92. The molecule has 2 N–H and O–H groups in total. The minimum Gasteiger partial charge on any atom is -0.396 e. The second kappa shape index (κ2) is 6.59. The lowest BCUT2D eigenvalue weighted by atomic mass is 10.1. The van der Waals surface area contributed by atoms with E-state index in [9.17, 15) is 0 Å². The summed E-state index contributed by atoms with van der Waals surface area (Å²) in [7, 11) is 0. The molecule has 4 heteroatoms. The van der Waals surface area contributed by atoms with Crippen molar-refractivity contribution < 1.29 is 5.11 Å². The lowest BCUT2D eigenvalue weighted by Crippen LogP contribution is -2.29. The molecule has 0 bridgehead atoms. The standard InChI is InChI=1S/C14H23N3O/c1-2-15-14-11-13(7-8-16-14)17-9-3-5-12(17)6-4-10-18/h7-8,11-12,18H,2-6,9-10H2,1H3,(H,15,16). The predicted octanol–water partition coefficient (Wildman–Crippen LogP) is 2.25. The first-order chi connectivity index (χ1) is 8.85. The highest BCUT2D eigenvalue weighted by Gasteiger charge is 2.24. The second-order valence-corrected chi connectivity index (χ2v) is 4.78. The van der Waals surface area contributed by atoms with E-state index in [4.69, 9.17) is 5.11 Å². The molecule has 1 atom stereocenters. The van der Waals surface area contributed by atoms with Gasteiger partial charge in [0.05, 0.1) is 0 Å². The van der Waals surface area contributed by atoms with E-state index in [2.05, 4.69) is 34.3 Å². The molecule has 1 fully saturated rings. The Morgan fingerprint density at radius 2 is 2.44 bits per heavy atom. The van der Waals surface area contributed by atoms with E-state index >= 15 is 0 Å². The zero-order chi connectivity index (χ0) is 12.8. The summed E-state index contributed by atoms with van der Waals surface area (Å²) in [6.07, 6.45) is 6.32. The Kier molecular flexibility index (Phi) is 4.81. The topological polar surface area (TPSA) is 48.4 Å². The van der Waals surface area contributed by atoms with Crippen molar-refractivity contribution >= 4 is 11.5 Å². The number of hydrogen-bond donors (Lipinski definition) is 2. The summed E-state index contributed by atoms with van der Waals surface area (Å²) in [6.45, 7) is 4.38. The maximum absolute atomic E-state index is 8.96. The summed E-state index contributed by atoms with van der Waals surface area (Å²) in [6, 6.07) is 4.79. The van der Waals surface area contributed by atoms with E-state index in [0.29, 0.717) is 12.6 Å². The molecule has 1 saturated heterocycles. The van der Waals surface area contributed by atoms with Crippen LogP contribution in [-0.2, 0) is 0 Å². The molecule has 2 heterocycles. The van der Waals surface area contributed by atoms with Gasteiger partial charge in [0.1, 0.15) is 5.82 Å². The molecule has 100 valence electrons. The van der Waals surface area contributed by atoms with E-state index in [-0.39, 0.29) is 0 Å². The van der Waals surface area contributed by atoms with Crippen molar-refractivity contribution in [3.05, 3.63) is 18.3 Å². The largest absolute Gasteiger partial charge is 0.396 e. The van der Waals surface area contributed by atoms with Crippen molar-refractivity contribution in [3.8, 4) is 0 Å². The molecule has 0 aliphatic carbocycles. The maximum Gasteiger partial charge on any atom is 0.127 e. The normalized spacial score (nSPS) is 19.2. The Labute approximate surface area is 109 Å². The number of aliphatic hydroxyl groups excluding tert-OH is 1. The molecule has 2 rings (SSSR count). The number of anilines is 2. The summed E-state index contributed by atoms with van der Waals surface area (Å²) < 4.78 is 0. The molecule has 4 nitrogen and oxygen atoms in total. The number of nitrogens with one attached hydrogen (secondary N) is 1. The molecular formula is C14H23N3O. The third kappa shape index (κ3) is 3.13. The Morgan fingerprint density at radius 3 is 3.22 bits per heavy atom. The average Bonchev–Trinajstić information content (AvgIpc) is 2.85. The van der Waals surface area contributed by atoms with E-state index in [1.807, 2.05) is 6.20 Å². The van der Waals surface area contributed by atoms with Crippen molar-refractivity contribution in [2.75, 3.05) is 29.9 Å². The lowest BCUT2D eigenvalue weighted by Gasteiger charge is -2.27. The minimum atomic E-state index is 0.295. The summed E-state index contributed by atoms with van der Waals surface area (Å²) in [5, 5.41) is 12.2. The average molecular weight is 249 g/mol. The van der Waals surface area contributed by atoms with Crippen LogP contribution in [0, 0.1) is 0 Å². The van der Waals surface area contributed by atoms with Crippen LogP contribution >= 0.6 is 0 Å². The molecule has 0 saturated carbocycles. The molecule has 1 aromatic heterocycles. The van der Waals surface area contributed by atoms with Gasteiger partial charge in [-0.1, -0.05) is 0 Å². The third-order valence-electron chi connectivity index (χ3n) is 3.51. The van der Waals surface area contributed by atoms with Gasteiger partial charge in [0.15, 0.2) is 0 Å². The zero-order valence-electron chi connectivity index (χ0n) is 11.1. The highest BCUT2D eigenvalue weighted by Crippen LogP contribution is 2.28. The lowest BCUT2D eigenvalue weighted by molar-refractivity contribution is 0.279. The van der Waals surface area contributed by atoms with Gasteiger partial charge >= 0.3 is 0 Å². The summed E-state index contributed by atoms with van der Waals surface area (Å²) in [4.78, 5) is 6.77. The summed E-state index contributed by atoms with van der Waals surface area (Å²) in [5.74, 6) is 0.947. The monoisotopic (exact) mass is 249 g/mol. The molecule has 1 aliphatic rings. The van der Waals surface area contributed by atoms with Crippen LogP contribution in [0.5, 0.6) is 0 Å². The third-order valence-corrected chi connectivity index (χ3v) is 3.51. The molecule has 18 heavy (non-hydrogen) atoms. The van der Waals surface area contributed by atoms with Gasteiger partial charge in [0.25, 0.3) is 0 Å². The molecule has 0 spiro atoms. The van der Waals surface area contributed by atoms with Crippen LogP contribution in [0.4, 0.5) is 11.5 Å². The quantitative estimate of drug-likeness (QED) is 0.812. The van der Waals surface area contributed by atoms with Crippen molar-refractivity contribution in [2.45, 2.75) is 38.6 Å². The van der Waals surface area contributed by atoms with Gasteiger partial charge in [-0.05, 0) is 38.7 Å². The Bertz CT molecular complexity index is 370. The van der Waals surface area contributed by atoms with E-state index in [1.54, 1.807) is 0 Å². The SMILES string of the molecule is CCNc1cc(N2CCCC2CCCO)ccn1. The second-order valence-electron chi connectivity index (χ2n) is 4.78. The Morgan fingerprint density at radius 1 is 1.56 bits per heavy atom. The van der Waals surface area contributed by atoms with Gasteiger partial charge in [-0.25, -0.2) is 4.98 Å². The van der Waals surface area contributed by atoms with E-state index < -0.39 is 0 Å². The minimum absolute atomic E-state index is 0.295. The van der Waals surface area contributed by atoms with E-state index in [0.717, 1.165) is 31.7 Å².